The van der Waals surface area contributed by atoms with Gasteiger partial charge in [-0.1, -0.05) is 0 Å². The van der Waals surface area contributed by atoms with E-state index in [1.54, 1.807) is 0 Å². The van der Waals surface area contributed by atoms with E-state index in [4.69, 9.17) is 18.1 Å². The van der Waals surface area contributed by atoms with Gasteiger partial charge in [0.25, 0.3) is 0 Å². The summed E-state index contributed by atoms with van der Waals surface area (Å²) in [6.07, 6.45) is 0. The normalized spacial score (nSPS) is 5.57. The van der Waals surface area contributed by atoms with Crippen LogP contribution in [0.5, 0.6) is 0 Å². The Labute approximate surface area is 56.2 Å². The summed E-state index contributed by atoms with van der Waals surface area (Å²) in [5.74, 6) is 0. The number of rotatable bonds is 0. The van der Waals surface area contributed by atoms with Crippen molar-refractivity contribution in [3.05, 3.63) is 0 Å². The van der Waals surface area contributed by atoms with Gasteiger partial charge >= 0.3 is 19.5 Å². The van der Waals surface area contributed by atoms with Gasteiger partial charge in [0.1, 0.15) is 6.79 Å². The van der Waals surface area contributed by atoms with Crippen molar-refractivity contribution in [1.29, 1.82) is 0 Å². The number of carbonyl (C=O) groups is 1. The van der Waals surface area contributed by atoms with Gasteiger partial charge in [-0.3, -0.25) is 4.21 Å². The summed E-state index contributed by atoms with van der Waals surface area (Å²) in [6.45, 7) is 2.00. The van der Waals surface area contributed by atoms with E-state index in [0.29, 0.717) is 0 Å². The van der Waals surface area contributed by atoms with Crippen LogP contribution < -0.4 is 0 Å². The van der Waals surface area contributed by atoms with Crippen LogP contribution in [0.2, 0.25) is 0 Å². The van der Waals surface area contributed by atoms with Gasteiger partial charge in [-0.05, 0) is 0 Å². The molecule has 0 aliphatic rings. The van der Waals surface area contributed by atoms with Crippen molar-refractivity contribution in [3.63, 3.8) is 0 Å². The summed E-state index contributed by atoms with van der Waals surface area (Å²) in [5, 5.41) is 0. The van der Waals surface area contributed by atoms with E-state index < -0.39 is 11.4 Å². The quantitative estimate of drug-likeness (QED) is 0.342. The molecule has 0 heterocycles. The Morgan fingerprint density at radius 2 is 1.29 bits per heavy atom. The third-order valence-electron chi connectivity index (χ3n) is 0. The fourth-order valence-electron chi connectivity index (χ4n) is 0. The first-order valence-corrected chi connectivity index (χ1v) is 1.79. The van der Waals surface area contributed by atoms with Gasteiger partial charge in [0.2, 0.25) is 0 Å². The van der Waals surface area contributed by atoms with E-state index in [9.17, 15) is 0 Å². The molecule has 7 heavy (non-hydrogen) atoms. The molecule has 0 amide bonds. The summed E-state index contributed by atoms with van der Waals surface area (Å²) >= 11 is -3.11. The molecule has 0 saturated heterocycles. The van der Waals surface area contributed by atoms with E-state index in [0.717, 1.165) is 0 Å². The molecule has 0 bridgehead atoms. The van der Waals surface area contributed by atoms with Crippen molar-refractivity contribution in [2.75, 3.05) is 0 Å². The summed E-state index contributed by atoms with van der Waals surface area (Å²) in [7, 11) is 0. The van der Waals surface area contributed by atoms with Crippen LogP contribution in [0.4, 0.5) is 0 Å². The van der Waals surface area contributed by atoms with E-state index >= 15 is 0 Å². The SMILES string of the molecule is C=O.O=S([O-])[O-].[Zn+2]. The van der Waals surface area contributed by atoms with Crippen LogP contribution in [0, 0.1) is 0 Å². The molecule has 4 nitrogen and oxygen atoms in total. The van der Waals surface area contributed by atoms with Gasteiger partial charge in [0.15, 0.2) is 0 Å². The molecule has 6 heteroatoms. The largest absolute Gasteiger partial charge is 2.00 e. The molecular formula is CH2O4SZn. The van der Waals surface area contributed by atoms with Crippen molar-refractivity contribution in [2.24, 2.45) is 0 Å². The molecule has 0 aromatic rings. The first kappa shape index (κ1) is 15.7. The standard InChI is InChI=1S/CH2O.H2O3S.Zn/c1-2;1-4(2)3;/h1H2;(H2,1,2,3);/q;;+2/p-2. The van der Waals surface area contributed by atoms with Gasteiger partial charge in [-0.2, -0.15) is 0 Å². The van der Waals surface area contributed by atoms with Crippen LogP contribution in [0.1, 0.15) is 0 Å². The van der Waals surface area contributed by atoms with Crippen molar-refractivity contribution in [3.8, 4) is 0 Å². The first-order chi connectivity index (χ1) is 2.73. The Morgan fingerprint density at radius 3 is 1.29 bits per heavy atom. The Morgan fingerprint density at radius 1 is 1.29 bits per heavy atom. The van der Waals surface area contributed by atoms with Crippen LogP contribution >= 0.6 is 0 Å². The topological polar surface area (TPSA) is 80.3 Å². The summed E-state index contributed by atoms with van der Waals surface area (Å²) in [5.41, 5.74) is 0. The molecule has 0 atom stereocenters. The van der Waals surface area contributed by atoms with E-state index in [1.807, 2.05) is 6.79 Å². The molecule has 0 aromatic carbocycles. The van der Waals surface area contributed by atoms with E-state index in [-0.39, 0.29) is 19.5 Å². The molecule has 0 saturated carbocycles. The number of carbonyl (C=O) groups excluding carboxylic acids is 1. The maximum atomic E-state index is 8.44. The Hall–Kier alpha value is 0.363. The minimum absolute atomic E-state index is 0. The Kier molecular flexibility index (Phi) is 36.2. The van der Waals surface area contributed by atoms with E-state index in [1.165, 1.54) is 0 Å². The monoisotopic (exact) mass is 174 g/mol. The maximum Gasteiger partial charge on any atom is 2.00 e. The van der Waals surface area contributed by atoms with Crippen molar-refractivity contribution in [1.82, 2.24) is 0 Å². The zero-order valence-corrected chi connectivity index (χ0v) is 7.24. The van der Waals surface area contributed by atoms with Crippen molar-refractivity contribution in [2.45, 2.75) is 0 Å². The molecule has 0 unspecified atom stereocenters. The number of hydrogen-bond donors (Lipinski definition) is 0. The van der Waals surface area contributed by atoms with Gasteiger partial charge in [-0.25, -0.2) is 0 Å². The van der Waals surface area contributed by atoms with Crippen molar-refractivity contribution < 1.29 is 37.6 Å². The summed E-state index contributed by atoms with van der Waals surface area (Å²) < 4.78 is 25.3. The smallest absolute Gasteiger partial charge is 0.784 e. The average molecular weight is 175 g/mol. The zero-order chi connectivity index (χ0) is 5.58. The second-order valence-electron chi connectivity index (χ2n) is 0.204. The fraction of sp³-hybridized carbons (Fsp3) is 0. The fourth-order valence-corrected chi connectivity index (χ4v) is 0. The Bertz CT molecular complexity index is 43.0. The minimum Gasteiger partial charge on any atom is -0.784 e. The average Bonchev–Trinajstić information content (AvgIpc) is 1.41. The molecule has 0 fully saturated rings. The zero-order valence-electron chi connectivity index (χ0n) is 3.46. The van der Waals surface area contributed by atoms with Crippen LogP contribution in [-0.4, -0.2) is 20.1 Å². The second-order valence-corrected chi connectivity index (χ2v) is 0.612. The molecule has 0 aliphatic heterocycles. The van der Waals surface area contributed by atoms with Gasteiger partial charge in [0, 0.05) is 0 Å². The Balaban J connectivity index is -0.0000000480. The van der Waals surface area contributed by atoms with Crippen LogP contribution in [0.15, 0.2) is 0 Å². The number of hydrogen-bond acceptors (Lipinski definition) is 4. The predicted octanol–water partition coefficient (Wildman–Crippen LogP) is -1.19. The maximum absolute atomic E-state index is 8.44. The van der Waals surface area contributed by atoms with Gasteiger partial charge < -0.3 is 13.9 Å². The molecule has 0 radical (unpaired) electrons. The third kappa shape index (κ3) is 918. The van der Waals surface area contributed by atoms with Crippen LogP contribution in [0.3, 0.4) is 0 Å². The predicted molar refractivity (Wildman–Crippen MR) is 16.8 cm³/mol. The third-order valence-corrected chi connectivity index (χ3v) is 0. The molecule has 0 aliphatic carbocycles. The molecule has 0 spiro atoms. The summed E-state index contributed by atoms with van der Waals surface area (Å²) in [4.78, 5) is 8.00. The summed E-state index contributed by atoms with van der Waals surface area (Å²) in [6, 6.07) is 0. The van der Waals surface area contributed by atoms with Crippen LogP contribution in [-0.2, 0) is 35.6 Å². The van der Waals surface area contributed by atoms with E-state index in [2.05, 4.69) is 0 Å². The second kappa shape index (κ2) is 16.2. The van der Waals surface area contributed by atoms with Crippen molar-refractivity contribution >= 4 is 18.2 Å². The molecular weight excluding hydrogens is 173 g/mol. The first-order valence-electron chi connectivity index (χ1n) is 0.789. The molecule has 0 N–H and O–H groups in total. The van der Waals surface area contributed by atoms with Crippen LogP contribution in [0.25, 0.3) is 0 Å². The molecule has 0 rings (SSSR count). The van der Waals surface area contributed by atoms with Gasteiger partial charge in [-0.15, -0.1) is 11.4 Å². The molecule has 0 aromatic heterocycles. The minimum atomic E-state index is -3.11. The van der Waals surface area contributed by atoms with Gasteiger partial charge in [0.05, 0.1) is 0 Å². The molecule has 38 valence electrons.